The predicted molar refractivity (Wildman–Crippen MR) is 112 cm³/mol. The number of carbonyl (C=O) groups excluding carboxylic acids is 2. The first-order valence-corrected chi connectivity index (χ1v) is 10.1. The number of anilines is 1. The summed E-state index contributed by atoms with van der Waals surface area (Å²) >= 11 is 0. The van der Waals surface area contributed by atoms with Gasteiger partial charge in [-0.15, -0.1) is 0 Å². The van der Waals surface area contributed by atoms with Gasteiger partial charge in [0.1, 0.15) is 12.3 Å². The van der Waals surface area contributed by atoms with Crippen LogP contribution in [0.2, 0.25) is 0 Å². The number of rotatable bonds is 4. The van der Waals surface area contributed by atoms with Crippen molar-refractivity contribution in [1.29, 1.82) is 0 Å². The second kappa shape index (κ2) is 7.09. The van der Waals surface area contributed by atoms with Crippen LogP contribution >= 0.6 is 0 Å². The van der Waals surface area contributed by atoms with E-state index in [2.05, 4.69) is 10.6 Å². The number of amides is 2. The Morgan fingerprint density at radius 2 is 2.00 bits per heavy atom. The third-order valence-corrected chi connectivity index (χ3v) is 6.70. The summed E-state index contributed by atoms with van der Waals surface area (Å²) in [5.41, 5.74) is 1.69. The molecular weight excluding hydrogens is 385 g/mol. The van der Waals surface area contributed by atoms with Gasteiger partial charge < -0.3 is 15.4 Å². The highest BCUT2D eigenvalue weighted by Crippen LogP contribution is 2.54. The van der Waals surface area contributed by atoms with Crippen LogP contribution in [-0.4, -0.2) is 56.3 Å². The molecule has 0 saturated carbocycles. The molecule has 2 aromatic rings. The Morgan fingerprint density at radius 3 is 2.70 bits per heavy atom. The lowest BCUT2D eigenvalue weighted by Gasteiger charge is -2.48. The van der Waals surface area contributed by atoms with Crippen LogP contribution in [0.5, 0.6) is 5.75 Å². The minimum absolute atomic E-state index is 0.0386. The summed E-state index contributed by atoms with van der Waals surface area (Å²) in [5, 5.41) is 5.66. The summed E-state index contributed by atoms with van der Waals surface area (Å²) in [7, 11) is 4.90. The van der Waals surface area contributed by atoms with Gasteiger partial charge in [0, 0.05) is 13.5 Å². The summed E-state index contributed by atoms with van der Waals surface area (Å²) in [6.07, 6.45) is -1.15. The van der Waals surface area contributed by atoms with Crippen LogP contribution in [0.25, 0.3) is 0 Å². The molecule has 2 unspecified atom stereocenters. The number of nitrogens with one attached hydrogen (secondary N) is 2. The van der Waals surface area contributed by atoms with E-state index in [0.717, 1.165) is 11.1 Å². The molecule has 0 bridgehead atoms. The fourth-order valence-corrected chi connectivity index (χ4v) is 5.39. The molecule has 0 aliphatic carbocycles. The molecule has 2 aliphatic rings. The molecule has 2 heterocycles. The number of likely N-dealkylation sites (N-methyl/N-ethyl adjacent to an activating group) is 2. The first kappa shape index (κ1) is 20.3. The Balaban J connectivity index is 2.11. The van der Waals surface area contributed by atoms with E-state index in [1.54, 1.807) is 20.2 Å². The van der Waals surface area contributed by atoms with Crippen molar-refractivity contribution in [2.24, 2.45) is 0 Å². The van der Waals surface area contributed by atoms with E-state index >= 15 is 0 Å². The van der Waals surface area contributed by atoms with E-state index in [9.17, 15) is 14.0 Å². The summed E-state index contributed by atoms with van der Waals surface area (Å²) < 4.78 is 20.5. The normalized spacial score (nSPS) is 30.0. The van der Waals surface area contributed by atoms with E-state index < -0.39 is 17.8 Å². The number of carbonyl (C=O) groups is 2. The lowest BCUT2D eigenvalue weighted by atomic mass is 9.78. The topological polar surface area (TPSA) is 67.4 Å². The van der Waals surface area contributed by atoms with Crippen LogP contribution in [0.3, 0.4) is 0 Å². The number of alkyl halides is 1. The van der Waals surface area contributed by atoms with Crippen molar-refractivity contribution >= 4 is 17.5 Å². The van der Waals surface area contributed by atoms with Gasteiger partial charge in [-0.25, -0.2) is 4.39 Å². The smallest absolute Gasteiger partial charge is 0.295 e. The van der Waals surface area contributed by atoms with Crippen LogP contribution in [0, 0.1) is 6.92 Å². The third kappa shape index (κ3) is 2.58. The standard InChI is InChI=1S/C23H26FN3O3/c1-14-9-10-18-17(11-14)23(22(29)26-18,16-7-5-6-8-20(16)30-4)27(3)13-15(24)12-19(27)21(28)25-2/h5-11,15,19H,12-13H2,1-4H3,(H-,25,26,28,29)/p+1/t15-,19+,23?,27?/m1/s1. The number of likely N-dealkylation sites (tertiary alicyclic amines) is 1. The van der Waals surface area contributed by atoms with Crippen molar-refractivity contribution in [3.05, 3.63) is 59.2 Å². The molecule has 2 aliphatic heterocycles. The van der Waals surface area contributed by atoms with Gasteiger partial charge in [-0.2, -0.15) is 0 Å². The monoisotopic (exact) mass is 412 g/mol. The van der Waals surface area contributed by atoms with Crippen LogP contribution in [-0.2, 0) is 15.1 Å². The largest absolute Gasteiger partial charge is 0.496 e. The van der Waals surface area contributed by atoms with Gasteiger partial charge >= 0.3 is 0 Å². The Kier molecular flexibility index (Phi) is 4.81. The van der Waals surface area contributed by atoms with Crippen molar-refractivity contribution in [2.75, 3.05) is 33.1 Å². The molecule has 0 radical (unpaired) electrons. The number of para-hydroxylation sites is 1. The van der Waals surface area contributed by atoms with E-state index in [1.807, 2.05) is 50.4 Å². The maximum absolute atomic E-state index is 14.9. The number of fused-ring (bicyclic) bond motifs is 1. The second-order valence-electron chi connectivity index (χ2n) is 8.33. The Hall–Kier alpha value is -2.93. The van der Waals surface area contributed by atoms with Gasteiger partial charge in [-0.05, 0) is 31.2 Å². The van der Waals surface area contributed by atoms with E-state index in [0.29, 0.717) is 17.0 Å². The number of hydrogen-bond donors (Lipinski definition) is 2. The number of ether oxygens (including phenoxy) is 1. The average molecular weight is 412 g/mol. The van der Waals surface area contributed by atoms with Crippen LogP contribution in [0.4, 0.5) is 10.1 Å². The molecule has 6 nitrogen and oxygen atoms in total. The first-order valence-electron chi connectivity index (χ1n) is 10.1. The highest BCUT2D eigenvalue weighted by atomic mass is 19.1. The van der Waals surface area contributed by atoms with Gasteiger partial charge in [-0.3, -0.25) is 14.1 Å². The van der Waals surface area contributed by atoms with Crippen molar-refractivity contribution in [1.82, 2.24) is 5.32 Å². The zero-order valence-corrected chi connectivity index (χ0v) is 17.7. The molecule has 4 atom stereocenters. The summed E-state index contributed by atoms with van der Waals surface area (Å²) in [6, 6.07) is 12.3. The number of halogens is 1. The Bertz CT molecular complexity index is 1030. The quantitative estimate of drug-likeness (QED) is 0.759. The van der Waals surface area contributed by atoms with E-state index in [-0.39, 0.29) is 29.3 Å². The molecule has 2 amide bonds. The highest BCUT2D eigenvalue weighted by Gasteiger charge is 2.69. The zero-order chi connectivity index (χ0) is 21.7. The zero-order valence-electron chi connectivity index (χ0n) is 17.7. The number of hydrogen-bond acceptors (Lipinski definition) is 3. The maximum atomic E-state index is 14.9. The van der Waals surface area contributed by atoms with Crippen molar-refractivity contribution in [2.45, 2.75) is 31.1 Å². The van der Waals surface area contributed by atoms with Crippen molar-refractivity contribution in [3.8, 4) is 5.75 Å². The molecular formula is C23H27FN3O3+. The Morgan fingerprint density at radius 1 is 1.27 bits per heavy atom. The predicted octanol–water partition coefficient (Wildman–Crippen LogP) is 2.50. The molecule has 1 fully saturated rings. The number of benzene rings is 2. The van der Waals surface area contributed by atoms with Gasteiger partial charge in [0.05, 0.1) is 31.0 Å². The Labute approximate surface area is 175 Å². The van der Waals surface area contributed by atoms with Crippen LogP contribution in [0.15, 0.2) is 42.5 Å². The first-order chi connectivity index (χ1) is 14.3. The number of aryl methyl sites for hydroxylation is 1. The molecule has 2 aromatic carbocycles. The maximum Gasteiger partial charge on any atom is 0.295 e. The molecule has 30 heavy (non-hydrogen) atoms. The summed E-state index contributed by atoms with van der Waals surface area (Å²) in [5.74, 6) is -0.0294. The van der Waals surface area contributed by atoms with Crippen molar-refractivity contribution in [3.63, 3.8) is 0 Å². The summed E-state index contributed by atoms with van der Waals surface area (Å²) in [6.45, 7) is 1.99. The molecule has 4 rings (SSSR count). The molecule has 0 spiro atoms. The minimum Gasteiger partial charge on any atom is -0.496 e. The van der Waals surface area contributed by atoms with E-state index in [1.165, 1.54) is 0 Å². The van der Waals surface area contributed by atoms with Crippen molar-refractivity contribution < 1.29 is 23.2 Å². The fourth-order valence-electron chi connectivity index (χ4n) is 5.39. The molecule has 7 heteroatoms. The lowest BCUT2D eigenvalue weighted by Crippen LogP contribution is -2.68. The molecule has 2 N–H and O–H groups in total. The fraction of sp³-hybridized carbons (Fsp3) is 0.391. The number of nitrogens with zero attached hydrogens (tertiary/aromatic N) is 1. The van der Waals surface area contributed by atoms with Gasteiger partial charge in [0.25, 0.3) is 11.8 Å². The van der Waals surface area contributed by atoms with Crippen LogP contribution in [0.1, 0.15) is 23.1 Å². The average Bonchev–Trinajstić information content (AvgIpc) is 3.20. The lowest BCUT2D eigenvalue weighted by molar-refractivity contribution is -0.953. The highest BCUT2D eigenvalue weighted by molar-refractivity contribution is 6.08. The number of quaternary nitrogens is 1. The molecule has 158 valence electrons. The van der Waals surface area contributed by atoms with Crippen LogP contribution < -0.4 is 15.4 Å². The van der Waals surface area contributed by atoms with Gasteiger partial charge in [0.15, 0.2) is 12.2 Å². The second-order valence-corrected chi connectivity index (χ2v) is 8.33. The molecule has 0 aromatic heterocycles. The van der Waals surface area contributed by atoms with Gasteiger partial charge in [0.2, 0.25) is 5.54 Å². The number of methoxy groups -OCH3 is 1. The third-order valence-electron chi connectivity index (χ3n) is 6.70. The van der Waals surface area contributed by atoms with Gasteiger partial charge in [-0.1, -0.05) is 23.8 Å². The minimum atomic E-state index is -1.33. The molecule has 1 saturated heterocycles. The SMILES string of the molecule is CNC(=O)[C@@H]1C[C@@H](F)C[N+]1(C)C1(c2ccccc2OC)C(=O)Nc2ccc(C)cc21. The van der Waals surface area contributed by atoms with E-state index in [4.69, 9.17) is 4.74 Å². The summed E-state index contributed by atoms with van der Waals surface area (Å²) in [4.78, 5) is 26.7.